The Morgan fingerprint density at radius 2 is 1.90 bits per heavy atom. The van der Waals surface area contributed by atoms with Crippen molar-refractivity contribution in [1.29, 1.82) is 0 Å². The van der Waals surface area contributed by atoms with Gasteiger partial charge in [0.2, 0.25) is 11.8 Å². The minimum atomic E-state index is -0.614. The summed E-state index contributed by atoms with van der Waals surface area (Å²) < 4.78 is 10.3. The molecule has 9 heteroatoms. The maximum absolute atomic E-state index is 12.9. The number of amidine groups is 1. The van der Waals surface area contributed by atoms with Gasteiger partial charge in [0.15, 0.2) is 0 Å². The number of carbonyl (C=O) groups is 2. The zero-order valence-corrected chi connectivity index (χ0v) is 18.5. The van der Waals surface area contributed by atoms with Crippen LogP contribution in [0.25, 0.3) is 0 Å². The molecule has 1 aromatic carbocycles. The van der Waals surface area contributed by atoms with Crippen LogP contribution in [0.5, 0.6) is 0 Å². The SMILES string of the molecule is CCOC(=O)C1=NN(c2ccccc2C)C2=NC(C)=C(C(=O)OC)[C@H](c3cccs3)N12. The average Bonchev–Trinajstić information content (AvgIpc) is 3.41. The first-order valence-corrected chi connectivity index (χ1v) is 10.7. The van der Waals surface area contributed by atoms with Gasteiger partial charge in [-0.25, -0.2) is 14.6 Å². The normalized spacial score (nSPS) is 17.9. The van der Waals surface area contributed by atoms with E-state index in [0.29, 0.717) is 17.2 Å². The summed E-state index contributed by atoms with van der Waals surface area (Å²) in [6, 6.07) is 10.9. The van der Waals surface area contributed by atoms with E-state index in [-0.39, 0.29) is 12.4 Å². The van der Waals surface area contributed by atoms with E-state index in [1.807, 2.05) is 48.7 Å². The average molecular weight is 439 g/mol. The number of para-hydroxylation sites is 1. The van der Waals surface area contributed by atoms with E-state index in [0.717, 1.165) is 16.1 Å². The lowest BCUT2D eigenvalue weighted by Crippen LogP contribution is -2.47. The molecule has 0 fully saturated rings. The first kappa shape index (κ1) is 20.8. The number of fused-ring (bicyclic) bond motifs is 1. The molecule has 2 aliphatic rings. The Balaban J connectivity index is 1.94. The van der Waals surface area contributed by atoms with Crippen molar-refractivity contribution in [3.05, 3.63) is 63.5 Å². The number of aliphatic imine (C=N–C) groups is 1. The van der Waals surface area contributed by atoms with Crippen molar-refractivity contribution in [2.45, 2.75) is 26.8 Å². The predicted octanol–water partition coefficient (Wildman–Crippen LogP) is 3.61. The molecule has 3 heterocycles. The van der Waals surface area contributed by atoms with Crippen LogP contribution >= 0.6 is 11.3 Å². The first-order chi connectivity index (χ1) is 15.0. The third kappa shape index (κ3) is 3.50. The van der Waals surface area contributed by atoms with Gasteiger partial charge >= 0.3 is 11.9 Å². The molecule has 0 saturated carbocycles. The van der Waals surface area contributed by atoms with E-state index in [1.165, 1.54) is 18.4 Å². The second-order valence-corrected chi connectivity index (χ2v) is 7.91. The summed E-state index contributed by atoms with van der Waals surface area (Å²) in [5.74, 6) is -0.593. The van der Waals surface area contributed by atoms with Gasteiger partial charge in [-0.15, -0.1) is 16.4 Å². The van der Waals surface area contributed by atoms with E-state index in [1.54, 1.807) is 23.8 Å². The van der Waals surface area contributed by atoms with Crippen LogP contribution in [0.1, 0.15) is 30.3 Å². The number of benzene rings is 1. The highest BCUT2D eigenvalue weighted by Crippen LogP contribution is 2.41. The number of ether oxygens (including phenoxy) is 2. The van der Waals surface area contributed by atoms with Crippen molar-refractivity contribution in [3.63, 3.8) is 0 Å². The molecule has 0 unspecified atom stereocenters. The minimum absolute atomic E-state index is 0.0659. The third-order valence-electron chi connectivity index (χ3n) is 5.04. The third-order valence-corrected chi connectivity index (χ3v) is 5.96. The Morgan fingerprint density at radius 1 is 1.13 bits per heavy atom. The molecule has 1 atom stereocenters. The van der Waals surface area contributed by atoms with Gasteiger partial charge in [0.05, 0.1) is 30.7 Å². The maximum Gasteiger partial charge on any atom is 0.376 e. The van der Waals surface area contributed by atoms with Crippen molar-refractivity contribution in [1.82, 2.24) is 4.90 Å². The van der Waals surface area contributed by atoms with Crippen molar-refractivity contribution < 1.29 is 19.1 Å². The zero-order valence-electron chi connectivity index (χ0n) is 17.7. The molecule has 0 bridgehead atoms. The second kappa shape index (κ2) is 8.35. The predicted molar refractivity (Wildman–Crippen MR) is 119 cm³/mol. The largest absolute Gasteiger partial charge is 0.466 e. The number of esters is 2. The Morgan fingerprint density at radius 3 is 2.55 bits per heavy atom. The highest BCUT2D eigenvalue weighted by atomic mass is 32.1. The van der Waals surface area contributed by atoms with Crippen molar-refractivity contribution in [2.24, 2.45) is 10.1 Å². The highest BCUT2D eigenvalue weighted by Gasteiger charge is 2.47. The number of hydrogen-bond donors (Lipinski definition) is 0. The zero-order chi connectivity index (χ0) is 22.1. The van der Waals surface area contributed by atoms with Crippen molar-refractivity contribution >= 4 is 40.8 Å². The Bertz CT molecular complexity index is 1120. The summed E-state index contributed by atoms with van der Waals surface area (Å²) in [7, 11) is 1.33. The van der Waals surface area contributed by atoms with Gasteiger partial charge < -0.3 is 9.47 Å². The van der Waals surface area contributed by atoms with E-state index >= 15 is 0 Å². The fourth-order valence-electron chi connectivity index (χ4n) is 3.64. The smallest absolute Gasteiger partial charge is 0.376 e. The van der Waals surface area contributed by atoms with E-state index < -0.39 is 18.0 Å². The molecule has 0 radical (unpaired) electrons. The summed E-state index contributed by atoms with van der Waals surface area (Å²) in [5, 5.41) is 8.14. The summed E-state index contributed by atoms with van der Waals surface area (Å²) in [5.41, 5.74) is 2.62. The van der Waals surface area contributed by atoms with Gasteiger partial charge in [-0.2, -0.15) is 5.01 Å². The van der Waals surface area contributed by atoms with Gasteiger partial charge in [-0.3, -0.25) is 4.90 Å². The van der Waals surface area contributed by atoms with Crippen LogP contribution in [0, 0.1) is 6.92 Å². The van der Waals surface area contributed by atoms with Crippen LogP contribution in [0.2, 0.25) is 0 Å². The van der Waals surface area contributed by atoms with Gasteiger partial charge in [-0.05, 0) is 43.8 Å². The fourth-order valence-corrected chi connectivity index (χ4v) is 4.47. The Labute approximate surface area is 184 Å². The molecule has 4 rings (SSSR count). The quantitative estimate of drug-likeness (QED) is 0.663. The fraction of sp³-hybridized carbons (Fsp3) is 0.273. The summed E-state index contributed by atoms with van der Waals surface area (Å²) in [4.78, 5) is 32.8. The van der Waals surface area contributed by atoms with Crippen LogP contribution in [0.4, 0.5) is 5.69 Å². The number of thiophene rings is 1. The van der Waals surface area contributed by atoms with Crippen LogP contribution in [0.15, 0.2) is 63.1 Å². The van der Waals surface area contributed by atoms with Crippen LogP contribution in [0.3, 0.4) is 0 Å². The van der Waals surface area contributed by atoms with Crippen LogP contribution < -0.4 is 5.01 Å². The number of carbonyl (C=O) groups excluding carboxylic acids is 2. The van der Waals surface area contributed by atoms with Gasteiger partial charge in [0, 0.05) is 4.88 Å². The number of hydrazone groups is 1. The summed E-state index contributed by atoms with van der Waals surface area (Å²) in [6.45, 7) is 5.65. The van der Waals surface area contributed by atoms with E-state index in [4.69, 9.17) is 9.47 Å². The minimum Gasteiger partial charge on any atom is -0.466 e. The Kier molecular flexibility index (Phi) is 5.60. The number of anilines is 1. The molecule has 2 aromatic rings. The molecular formula is C22H22N4O4S. The summed E-state index contributed by atoms with van der Waals surface area (Å²) >= 11 is 1.48. The number of aryl methyl sites for hydroxylation is 1. The molecule has 31 heavy (non-hydrogen) atoms. The monoisotopic (exact) mass is 438 g/mol. The molecule has 2 aliphatic heterocycles. The summed E-state index contributed by atoms with van der Waals surface area (Å²) in [6.07, 6.45) is 0. The van der Waals surface area contributed by atoms with Crippen LogP contribution in [-0.4, -0.2) is 42.4 Å². The highest BCUT2D eigenvalue weighted by molar-refractivity contribution is 7.10. The maximum atomic E-state index is 12.9. The molecule has 0 aliphatic carbocycles. The number of nitrogens with zero attached hydrogens (tertiary/aromatic N) is 4. The number of guanidine groups is 1. The lowest BCUT2D eigenvalue weighted by molar-refractivity contribution is -0.138. The molecule has 1 aromatic heterocycles. The van der Waals surface area contributed by atoms with Gasteiger partial charge in [0.1, 0.15) is 6.04 Å². The number of rotatable bonds is 5. The molecule has 0 N–H and O–H groups in total. The van der Waals surface area contributed by atoms with E-state index in [2.05, 4.69) is 10.1 Å². The molecule has 0 spiro atoms. The molecule has 8 nitrogen and oxygen atoms in total. The lowest BCUT2D eigenvalue weighted by atomic mass is 10.00. The van der Waals surface area contributed by atoms with Gasteiger partial charge in [-0.1, -0.05) is 24.3 Å². The molecule has 160 valence electrons. The van der Waals surface area contributed by atoms with E-state index in [9.17, 15) is 9.59 Å². The molecular weight excluding hydrogens is 416 g/mol. The van der Waals surface area contributed by atoms with Crippen molar-refractivity contribution in [2.75, 3.05) is 18.7 Å². The first-order valence-electron chi connectivity index (χ1n) is 9.79. The van der Waals surface area contributed by atoms with Crippen LogP contribution in [-0.2, 0) is 19.1 Å². The Hall–Kier alpha value is -3.46. The van der Waals surface area contributed by atoms with Gasteiger partial charge in [0.25, 0.3) is 0 Å². The van der Waals surface area contributed by atoms with Crippen molar-refractivity contribution in [3.8, 4) is 0 Å². The standard InChI is InChI=1S/C22H22N4O4S/c1-5-30-21(28)19-24-26(15-10-7-6-9-13(15)2)22-23-14(3)17(20(27)29-4)18(25(19)22)16-11-8-12-31-16/h6-12,18H,5H2,1-4H3/t18-/m0/s1. The molecule has 0 amide bonds. The number of allylic oxidation sites excluding steroid dienone is 1. The topological polar surface area (TPSA) is 83.8 Å². The molecule has 0 saturated heterocycles. The second-order valence-electron chi connectivity index (χ2n) is 6.93. The number of hydrogen-bond acceptors (Lipinski definition) is 9. The lowest BCUT2D eigenvalue weighted by Gasteiger charge is -2.34. The number of methoxy groups -OCH3 is 1.